The minimum absolute atomic E-state index is 0.0295. The molecule has 0 saturated carbocycles. The SMILES string of the molecule is CCC(NC)C(O)CC(=O)NCCOC. The molecule has 90 valence electrons. The van der Waals surface area contributed by atoms with Crippen molar-refractivity contribution in [3.63, 3.8) is 0 Å². The maximum Gasteiger partial charge on any atom is 0.222 e. The van der Waals surface area contributed by atoms with Crippen molar-refractivity contribution in [3.05, 3.63) is 0 Å². The maximum absolute atomic E-state index is 11.3. The Bertz CT molecular complexity index is 172. The normalized spacial score (nSPS) is 14.7. The molecule has 0 aliphatic heterocycles. The van der Waals surface area contributed by atoms with Crippen LogP contribution < -0.4 is 10.6 Å². The van der Waals surface area contributed by atoms with Crippen molar-refractivity contribution in [2.24, 2.45) is 0 Å². The first-order chi connectivity index (χ1) is 7.15. The van der Waals surface area contributed by atoms with Gasteiger partial charge in [0, 0.05) is 19.7 Å². The summed E-state index contributed by atoms with van der Waals surface area (Å²) in [6.45, 7) is 2.94. The van der Waals surface area contributed by atoms with Crippen LogP contribution in [0.25, 0.3) is 0 Å². The monoisotopic (exact) mass is 218 g/mol. The van der Waals surface area contributed by atoms with Crippen molar-refractivity contribution < 1.29 is 14.6 Å². The van der Waals surface area contributed by atoms with Crippen molar-refractivity contribution in [1.29, 1.82) is 0 Å². The van der Waals surface area contributed by atoms with Gasteiger partial charge in [-0.25, -0.2) is 0 Å². The quantitative estimate of drug-likeness (QED) is 0.480. The smallest absolute Gasteiger partial charge is 0.222 e. The van der Waals surface area contributed by atoms with E-state index in [9.17, 15) is 9.90 Å². The molecule has 1 amide bonds. The second-order valence-electron chi connectivity index (χ2n) is 3.42. The molecule has 5 nitrogen and oxygen atoms in total. The van der Waals surface area contributed by atoms with Gasteiger partial charge in [0.1, 0.15) is 0 Å². The standard InChI is InChI=1S/C10H22N2O3/c1-4-8(11-2)9(13)7-10(14)12-5-6-15-3/h8-9,11,13H,4-7H2,1-3H3,(H,12,14). The molecule has 0 radical (unpaired) electrons. The summed E-state index contributed by atoms with van der Waals surface area (Å²) in [5.41, 5.74) is 0. The number of hydrogen-bond acceptors (Lipinski definition) is 4. The van der Waals surface area contributed by atoms with Crippen LogP contribution in [-0.2, 0) is 9.53 Å². The van der Waals surface area contributed by atoms with Crippen molar-refractivity contribution in [2.75, 3.05) is 27.3 Å². The van der Waals surface area contributed by atoms with Crippen LogP contribution in [-0.4, -0.2) is 50.5 Å². The predicted molar refractivity (Wildman–Crippen MR) is 58.6 cm³/mol. The molecule has 0 aromatic carbocycles. The number of aliphatic hydroxyl groups is 1. The number of carbonyl (C=O) groups is 1. The zero-order valence-corrected chi connectivity index (χ0v) is 9.75. The van der Waals surface area contributed by atoms with Crippen LogP contribution in [0.5, 0.6) is 0 Å². The van der Waals surface area contributed by atoms with Crippen molar-refractivity contribution >= 4 is 5.91 Å². The molecule has 0 saturated heterocycles. The molecular weight excluding hydrogens is 196 g/mol. The summed E-state index contributed by atoms with van der Waals surface area (Å²) >= 11 is 0. The number of likely N-dealkylation sites (N-methyl/N-ethyl adjacent to an activating group) is 1. The van der Waals surface area contributed by atoms with E-state index in [2.05, 4.69) is 10.6 Å². The van der Waals surface area contributed by atoms with E-state index in [0.29, 0.717) is 13.2 Å². The van der Waals surface area contributed by atoms with Crippen molar-refractivity contribution in [3.8, 4) is 0 Å². The molecule has 0 rings (SSSR count). The van der Waals surface area contributed by atoms with Crippen LogP contribution in [0.15, 0.2) is 0 Å². The van der Waals surface area contributed by atoms with Crippen LogP contribution in [0, 0.1) is 0 Å². The summed E-state index contributed by atoms with van der Waals surface area (Å²) in [4.78, 5) is 11.3. The third-order valence-electron chi connectivity index (χ3n) is 2.30. The van der Waals surface area contributed by atoms with E-state index in [1.807, 2.05) is 6.92 Å². The van der Waals surface area contributed by atoms with E-state index in [4.69, 9.17) is 4.74 Å². The van der Waals surface area contributed by atoms with Crippen LogP contribution in [0.4, 0.5) is 0 Å². The van der Waals surface area contributed by atoms with Crippen molar-refractivity contribution in [1.82, 2.24) is 10.6 Å². The molecular formula is C10H22N2O3. The molecule has 5 heteroatoms. The van der Waals surface area contributed by atoms with Gasteiger partial charge in [0.05, 0.1) is 19.1 Å². The number of amides is 1. The Kier molecular flexibility index (Phi) is 8.27. The fourth-order valence-corrected chi connectivity index (χ4v) is 1.37. The summed E-state index contributed by atoms with van der Waals surface area (Å²) in [5, 5.41) is 15.3. The Balaban J connectivity index is 3.74. The summed E-state index contributed by atoms with van der Waals surface area (Å²) in [5.74, 6) is -0.145. The van der Waals surface area contributed by atoms with Crippen LogP contribution in [0.2, 0.25) is 0 Å². The molecule has 2 unspecified atom stereocenters. The van der Waals surface area contributed by atoms with Crippen LogP contribution in [0.3, 0.4) is 0 Å². The van der Waals surface area contributed by atoms with E-state index in [1.165, 1.54) is 0 Å². The van der Waals surface area contributed by atoms with E-state index in [0.717, 1.165) is 6.42 Å². The van der Waals surface area contributed by atoms with Gasteiger partial charge in [0.25, 0.3) is 0 Å². The van der Waals surface area contributed by atoms with Gasteiger partial charge < -0.3 is 20.5 Å². The predicted octanol–water partition coefficient (Wildman–Crippen LogP) is -0.502. The van der Waals surface area contributed by atoms with Gasteiger partial charge in [-0.2, -0.15) is 0 Å². The number of ether oxygens (including phenoxy) is 1. The molecule has 0 aromatic rings. The lowest BCUT2D eigenvalue weighted by Crippen LogP contribution is -2.40. The fourth-order valence-electron chi connectivity index (χ4n) is 1.37. The third-order valence-corrected chi connectivity index (χ3v) is 2.30. The molecule has 0 spiro atoms. The first kappa shape index (κ1) is 14.3. The number of methoxy groups -OCH3 is 1. The average Bonchev–Trinajstić information content (AvgIpc) is 2.20. The lowest BCUT2D eigenvalue weighted by molar-refractivity contribution is -0.123. The van der Waals surface area contributed by atoms with E-state index in [1.54, 1.807) is 14.2 Å². The van der Waals surface area contributed by atoms with Crippen LogP contribution >= 0.6 is 0 Å². The van der Waals surface area contributed by atoms with Gasteiger partial charge in [-0.15, -0.1) is 0 Å². The van der Waals surface area contributed by atoms with Gasteiger partial charge in [-0.05, 0) is 13.5 Å². The average molecular weight is 218 g/mol. The van der Waals surface area contributed by atoms with E-state index < -0.39 is 6.10 Å². The zero-order chi connectivity index (χ0) is 11.7. The number of aliphatic hydroxyl groups excluding tert-OH is 1. The molecule has 15 heavy (non-hydrogen) atoms. The minimum atomic E-state index is -0.637. The fraction of sp³-hybridized carbons (Fsp3) is 0.900. The zero-order valence-electron chi connectivity index (χ0n) is 9.75. The molecule has 0 aliphatic rings. The summed E-state index contributed by atoms with van der Waals surface area (Å²) in [6, 6.07) is -0.0295. The highest BCUT2D eigenvalue weighted by atomic mass is 16.5. The molecule has 0 bridgehead atoms. The molecule has 2 atom stereocenters. The summed E-state index contributed by atoms with van der Waals surface area (Å²) in [6.07, 6.45) is 0.286. The second-order valence-corrected chi connectivity index (χ2v) is 3.42. The number of rotatable bonds is 8. The molecule has 0 heterocycles. The first-order valence-electron chi connectivity index (χ1n) is 5.26. The Morgan fingerprint density at radius 2 is 2.20 bits per heavy atom. The molecule has 0 aromatic heterocycles. The Labute approximate surface area is 91.2 Å². The Morgan fingerprint density at radius 3 is 2.67 bits per heavy atom. The number of nitrogens with one attached hydrogen (secondary N) is 2. The highest BCUT2D eigenvalue weighted by Gasteiger charge is 2.18. The van der Waals surface area contributed by atoms with Gasteiger partial charge in [-0.3, -0.25) is 4.79 Å². The van der Waals surface area contributed by atoms with Gasteiger partial charge in [-0.1, -0.05) is 6.92 Å². The van der Waals surface area contributed by atoms with Crippen LogP contribution in [0.1, 0.15) is 19.8 Å². The van der Waals surface area contributed by atoms with Gasteiger partial charge >= 0.3 is 0 Å². The molecule has 3 N–H and O–H groups in total. The summed E-state index contributed by atoms with van der Waals surface area (Å²) < 4.78 is 4.80. The highest BCUT2D eigenvalue weighted by Crippen LogP contribution is 2.02. The number of carbonyl (C=O) groups excluding carboxylic acids is 1. The summed E-state index contributed by atoms with van der Waals surface area (Å²) in [7, 11) is 3.36. The third kappa shape index (κ3) is 6.43. The number of hydrogen-bond donors (Lipinski definition) is 3. The molecule has 0 fully saturated rings. The Hall–Kier alpha value is -0.650. The molecule has 0 aliphatic carbocycles. The maximum atomic E-state index is 11.3. The van der Waals surface area contributed by atoms with Crippen molar-refractivity contribution in [2.45, 2.75) is 31.9 Å². The first-order valence-corrected chi connectivity index (χ1v) is 5.26. The van der Waals surface area contributed by atoms with E-state index in [-0.39, 0.29) is 18.4 Å². The highest BCUT2D eigenvalue weighted by molar-refractivity contribution is 5.76. The lowest BCUT2D eigenvalue weighted by Gasteiger charge is -2.20. The topological polar surface area (TPSA) is 70.6 Å². The largest absolute Gasteiger partial charge is 0.391 e. The lowest BCUT2D eigenvalue weighted by atomic mass is 10.1. The second kappa shape index (κ2) is 8.64. The van der Waals surface area contributed by atoms with E-state index >= 15 is 0 Å². The van der Waals surface area contributed by atoms with Gasteiger partial charge in [0.15, 0.2) is 0 Å². The Morgan fingerprint density at radius 1 is 1.53 bits per heavy atom. The van der Waals surface area contributed by atoms with Gasteiger partial charge in [0.2, 0.25) is 5.91 Å². The minimum Gasteiger partial charge on any atom is -0.391 e.